The van der Waals surface area contributed by atoms with Gasteiger partial charge in [-0.1, -0.05) is 51.1 Å². The molecular weight excluding hydrogens is 250 g/mol. The average Bonchev–Trinajstić information content (AvgIpc) is 2.70. The highest BCUT2D eigenvalue weighted by Gasteiger charge is 2.47. The predicted molar refractivity (Wildman–Crippen MR) is 80.2 cm³/mol. The molecule has 1 aliphatic rings. The van der Waals surface area contributed by atoms with E-state index in [2.05, 4.69) is 37.8 Å². The number of hydrogen-bond acceptors (Lipinski definition) is 3. The van der Waals surface area contributed by atoms with Gasteiger partial charge >= 0.3 is 5.97 Å². The topological polar surface area (TPSA) is 29.5 Å². The van der Waals surface area contributed by atoms with Gasteiger partial charge in [0.2, 0.25) is 0 Å². The van der Waals surface area contributed by atoms with Crippen LogP contribution in [0.1, 0.15) is 32.8 Å². The van der Waals surface area contributed by atoms with Gasteiger partial charge < -0.3 is 4.74 Å². The third-order valence-corrected chi connectivity index (χ3v) is 4.79. The summed E-state index contributed by atoms with van der Waals surface area (Å²) in [7, 11) is 1.49. The van der Waals surface area contributed by atoms with E-state index >= 15 is 0 Å². The van der Waals surface area contributed by atoms with E-state index in [1.165, 1.54) is 12.7 Å². The third kappa shape index (κ3) is 2.73. The summed E-state index contributed by atoms with van der Waals surface area (Å²) in [6.07, 6.45) is 1.06. The summed E-state index contributed by atoms with van der Waals surface area (Å²) in [5, 5.41) is 0. The Morgan fingerprint density at radius 3 is 2.40 bits per heavy atom. The van der Waals surface area contributed by atoms with Gasteiger partial charge in [-0.15, -0.1) is 0 Å². The number of carbonyl (C=O) groups excluding carboxylic acids is 1. The smallest absolute Gasteiger partial charge is 0.323 e. The summed E-state index contributed by atoms with van der Waals surface area (Å²) in [4.78, 5) is 14.5. The third-order valence-electron chi connectivity index (χ3n) is 4.79. The Bertz CT molecular complexity index is 446. The van der Waals surface area contributed by atoms with E-state index in [1.807, 2.05) is 18.2 Å². The van der Waals surface area contributed by atoms with Crippen molar-refractivity contribution in [2.75, 3.05) is 7.11 Å². The van der Waals surface area contributed by atoms with Crippen molar-refractivity contribution in [3.8, 4) is 0 Å². The van der Waals surface area contributed by atoms with Gasteiger partial charge in [0.05, 0.1) is 7.11 Å². The van der Waals surface area contributed by atoms with Gasteiger partial charge in [0.15, 0.2) is 0 Å². The zero-order valence-electron chi connectivity index (χ0n) is 12.9. The first-order chi connectivity index (χ1) is 9.60. The minimum atomic E-state index is -0.125. The van der Waals surface area contributed by atoms with Crippen molar-refractivity contribution in [3.05, 3.63) is 35.9 Å². The number of benzene rings is 1. The molecule has 1 aromatic rings. The number of methoxy groups -OCH3 is 1. The van der Waals surface area contributed by atoms with Crippen LogP contribution in [0.5, 0.6) is 0 Å². The summed E-state index contributed by atoms with van der Waals surface area (Å²) in [6.45, 7) is 7.43. The normalized spacial score (nSPS) is 30.4. The summed E-state index contributed by atoms with van der Waals surface area (Å²) in [5.41, 5.74) is 1.25. The quantitative estimate of drug-likeness (QED) is 0.791. The van der Waals surface area contributed by atoms with Gasteiger partial charge in [-0.25, -0.2) is 0 Å². The van der Waals surface area contributed by atoms with Gasteiger partial charge in [0.25, 0.3) is 0 Å². The molecule has 1 aromatic carbocycles. The molecule has 0 aromatic heterocycles. The van der Waals surface area contributed by atoms with Gasteiger partial charge in [0, 0.05) is 12.6 Å². The molecule has 110 valence electrons. The zero-order chi connectivity index (χ0) is 14.7. The number of carbonyl (C=O) groups is 1. The van der Waals surface area contributed by atoms with E-state index in [4.69, 9.17) is 4.74 Å². The lowest BCUT2D eigenvalue weighted by Crippen LogP contribution is -2.42. The van der Waals surface area contributed by atoms with Crippen molar-refractivity contribution in [1.82, 2.24) is 4.90 Å². The van der Waals surface area contributed by atoms with E-state index in [-0.39, 0.29) is 12.0 Å². The van der Waals surface area contributed by atoms with E-state index in [1.54, 1.807) is 0 Å². The molecule has 0 bridgehead atoms. The molecule has 1 saturated heterocycles. The van der Waals surface area contributed by atoms with Crippen molar-refractivity contribution >= 4 is 5.97 Å². The Morgan fingerprint density at radius 2 is 1.85 bits per heavy atom. The van der Waals surface area contributed by atoms with Crippen LogP contribution < -0.4 is 0 Å². The highest BCUT2D eigenvalue weighted by Crippen LogP contribution is 2.38. The van der Waals surface area contributed by atoms with Crippen LogP contribution in [0.15, 0.2) is 30.3 Å². The molecule has 20 heavy (non-hydrogen) atoms. The van der Waals surface area contributed by atoms with Gasteiger partial charge in [0.1, 0.15) is 6.04 Å². The Hall–Kier alpha value is -1.35. The molecule has 0 amide bonds. The van der Waals surface area contributed by atoms with Crippen LogP contribution >= 0.6 is 0 Å². The monoisotopic (exact) mass is 275 g/mol. The molecule has 2 rings (SSSR count). The summed E-state index contributed by atoms with van der Waals surface area (Å²) < 4.78 is 5.03. The molecule has 0 N–H and O–H groups in total. The average molecular weight is 275 g/mol. The zero-order valence-corrected chi connectivity index (χ0v) is 12.9. The summed E-state index contributed by atoms with van der Waals surface area (Å²) in [5.74, 6) is 0.736. The standard InChI is InChI=1S/C17H25NO2/c1-5-15-12(2)13(3)16(17(19)20-4)18(15)11-14-9-7-6-8-10-14/h6-10,12-13,15-16H,5,11H2,1-4H3/t12-,13+,15-,16-/m0/s1. The molecule has 1 aliphatic heterocycles. The lowest BCUT2D eigenvalue weighted by Gasteiger charge is -2.29. The fourth-order valence-electron chi connectivity index (χ4n) is 3.54. The summed E-state index contributed by atoms with van der Waals surface area (Å²) in [6, 6.07) is 10.7. The first-order valence-electron chi connectivity index (χ1n) is 7.47. The Kier molecular flexibility index (Phi) is 4.81. The molecule has 3 nitrogen and oxygen atoms in total. The minimum Gasteiger partial charge on any atom is -0.468 e. The van der Waals surface area contributed by atoms with Gasteiger partial charge in [-0.3, -0.25) is 9.69 Å². The molecule has 3 heteroatoms. The molecular formula is C17H25NO2. The maximum Gasteiger partial charge on any atom is 0.323 e. The van der Waals surface area contributed by atoms with Crippen LogP contribution in [0.2, 0.25) is 0 Å². The van der Waals surface area contributed by atoms with Crippen LogP contribution in [0.25, 0.3) is 0 Å². The van der Waals surface area contributed by atoms with Crippen LogP contribution in [0.3, 0.4) is 0 Å². The molecule has 4 atom stereocenters. The lowest BCUT2D eigenvalue weighted by molar-refractivity contribution is -0.147. The lowest BCUT2D eigenvalue weighted by atomic mass is 9.89. The van der Waals surface area contributed by atoms with Gasteiger partial charge in [-0.2, -0.15) is 0 Å². The summed E-state index contributed by atoms with van der Waals surface area (Å²) >= 11 is 0. The predicted octanol–water partition coefficient (Wildman–Crippen LogP) is 3.09. The maximum absolute atomic E-state index is 12.2. The number of likely N-dealkylation sites (tertiary alicyclic amines) is 1. The SMILES string of the molecule is CC[C@H]1[C@@H](C)[C@@H](C)[C@@H](C(=O)OC)N1Cc1ccccc1. The second-order valence-corrected chi connectivity index (χ2v) is 5.82. The van der Waals surface area contributed by atoms with Crippen LogP contribution in [0, 0.1) is 11.8 Å². The van der Waals surface area contributed by atoms with Crippen LogP contribution in [-0.2, 0) is 16.1 Å². The Labute approximate surface area is 121 Å². The number of rotatable bonds is 4. The van der Waals surface area contributed by atoms with Crippen molar-refractivity contribution < 1.29 is 9.53 Å². The van der Waals surface area contributed by atoms with Crippen molar-refractivity contribution in [1.29, 1.82) is 0 Å². The Balaban J connectivity index is 2.26. The number of esters is 1. The molecule has 1 heterocycles. The number of nitrogens with zero attached hydrogens (tertiary/aromatic N) is 1. The molecule has 0 unspecified atom stereocenters. The highest BCUT2D eigenvalue weighted by molar-refractivity contribution is 5.76. The van der Waals surface area contributed by atoms with E-state index in [9.17, 15) is 4.79 Å². The number of ether oxygens (including phenoxy) is 1. The molecule has 1 fully saturated rings. The molecule has 0 saturated carbocycles. The fourth-order valence-corrected chi connectivity index (χ4v) is 3.54. The van der Waals surface area contributed by atoms with E-state index in [0.29, 0.717) is 17.9 Å². The molecule has 0 spiro atoms. The molecule has 0 aliphatic carbocycles. The maximum atomic E-state index is 12.2. The van der Waals surface area contributed by atoms with Crippen LogP contribution in [0.4, 0.5) is 0 Å². The highest BCUT2D eigenvalue weighted by atomic mass is 16.5. The fraction of sp³-hybridized carbons (Fsp3) is 0.588. The van der Waals surface area contributed by atoms with Crippen molar-refractivity contribution in [2.45, 2.75) is 45.8 Å². The Morgan fingerprint density at radius 1 is 1.20 bits per heavy atom. The van der Waals surface area contributed by atoms with Crippen molar-refractivity contribution in [2.24, 2.45) is 11.8 Å². The second kappa shape index (κ2) is 6.40. The van der Waals surface area contributed by atoms with Crippen LogP contribution in [-0.4, -0.2) is 30.1 Å². The first kappa shape index (κ1) is 15.0. The first-order valence-corrected chi connectivity index (χ1v) is 7.47. The van der Waals surface area contributed by atoms with E-state index in [0.717, 1.165) is 13.0 Å². The minimum absolute atomic E-state index is 0.101. The van der Waals surface area contributed by atoms with E-state index < -0.39 is 0 Å². The number of hydrogen-bond donors (Lipinski definition) is 0. The second-order valence-electron chi connectivity index (χ2n) is 5.82. The van der Waals surface area contributed by atoms with Gasteiger partial charge in [-0.05, 0) is 23.8 Å². The van der Waals surface area contributed by atoms with Crippen molar-refractivity contribution in [3.63, 3.8) is 0 Å². The molecule has 0 radical (unpaired) electrons. The largest absolute Gasteiger partial charge is 0.468 e.